The molecule has 2 aromatic rings. The molecule has 108 valence electrons. The maximum atomic E-state index is 12.2. The van der Waals surface area contributed by atoms with Gasteiger partial charge in [-0.3, -0.25) is 14.5 Å². The number of carbonyl (C=O) groups is 2. The van der Waals surface area contributed by atoms with Crippen LogP contribution < -0.4 is 0 Å². The molecule has 0 bridgehead atoms. The summed E-state index contributed by atoms with van der Waals surface area (Å²) in [6.45, 7) is 0.735. The number of nitrogens with zero attached hydrogens (tertiary/aromatic N) is 3. The zero-order valence-electron chi connectivity index (χ0n) is 11.4. The molecule has 0 saturated carbocycles. The molecule has 21 heavy (non-hydrogen) atoms. The molecule has 0 radical (unpaired) electrons. The molecule has 0 saturated heterocycles. The molecule has 1 aliphatic rings. The first-order valence-corrected chi connectivity index (χ1v) is 7.28. The number of ether oxygens (including phenoxy) is 1. The van der Waals surface area contributed by atoms with E-state index in [1.54, 1.807) is 31.4 Å². The van der Waals surface area contributed by atoms with Gasteiger partial charge < -0.3 is 4.74 Å². The van der Waals surface area contributed by atoms with Crippen LogP contribution in [0.5, 0.6) is 0 Å². The summed E-state index contributed by atoms with van der Waals surface area (Å²) in [7, 11) is 1.60. The lowest BCUT2D eigenvalue weighted by Gasteiger charge is -2.12. The van der Waals surface area contributed by atoms with E-state index in [9.17, 15) is 9.59 Å². The first-order chi connectivity index (χ1) is 10.2. The molecular weight excluding hydrogens is 290 g/mol. The van der Waals surface area contributed by atoms with Crippen LogP contribution in [0.4, 0.5) is 0 Å². The molecule has 0 unspecified atom stereocenters. The number of benzene rings is 1. The molecular formula is C14H13N3O3S. The van der Waals surface area contributed by atoms with Crippen molar-refractivity contribution >= 4 is 23.2 Å². The van der Waals surface area contributed by atoms with Gasteiger partial charge in [-0.25, -0.2) is 0 Å². The molecule has 3 rings (SSSR count). The summed E-state index contributed by atoms with van der Waals surface area (Å²) < 4.78 is 4.98. The van der Waals surface area contributed by atoms with Crippen LogP contribution in [0, 0.1) is 0 Å². The zero-order valence-corrected chi connectivity index (χ0v) is 12.2. The normalized spacial score (nSPS) is 13.9. The third kappa shape index (κ3) is 2.57. The van der Waals surface area contributed by atoms with E-state index in [4.69, 9.17) is 4.74 Å². The van der Waals surface area contributed by atoms with Crippen molar-refractivity contribution in [1.82, 2.24) is 15.1 Å². The first-order valence-electron chi connectivity index (χ1n) is 6.46. The SMILES string of the molecule is COCc1nnc(CCN2C(=O)c3ccccc3C2=O)s1. The van der Waals surface area contributed by atoms with E-state index in [0.29, 0.717) is 30.7 Å². The highest BCUT2D eigenvalue weighted by atomic mass is 32.1. The first kappa shape index (κ1) is 13.8. The maximum Gasteiger partial charge on any atom is 0.261 e. The molecule has 1 aliphatic heterocycles. The Morgan fingerprint density at radius 2 is 1.71 bits per heavy atom. The fourth-order valence-corrected chi connectivity index (χ4v) is 3.03. The molecule has 6 nitrogen and oxygen atoms in total. The number of rotatable bonds is 5. The topological polar surface area (TPSA) is 72.4 Å². The van der Waals surface area contributed by atoms with Gasteiger partial charge in [0, 0.05) is 20.1 Å². The Kier molecular flexibility index (Phi) is 3.76. The van der Waals surface area contributed by atoms with Crippen LogP contribution in [0.1, 0.15) is 30.7 Å². The van der Waals surface area contributed by atoms with Gasteiger partial charge in [-0.05, 0) is 12.1 Å². The lowest BCUT2D eigenvalue weighted by molar-refractivity contribution is 0.0656. The number of imide groups is 1. The summed E-state index contributed by atoms with van der Waals surface area (Å²) in [4.78, 5) is 25.6. The summed E-state index contributed by atoms with van der Waals surface area (Å²) in [5.74, 6) is -0.477. The predicted molar refractivity (Wildman–Crippen MR) is 76.1 cm³/mol. The Labute approximate surface area is 125 Å². The highest BCUT2D eigenvalue weighted by Crippen LogP contribution is 2.23. The van der Waals surface area contributed by atoms with Crippen LogP contribution in [0.3, 0.4) is 0 Å². The fourth-order valence-electron chi connectivity index (χ4n) is 2.22. The number of aromatic nitrogens is 2. The smallest absolute Gasteiger partial charge is 0.261 e. The van der Waals surface area contributed by atoms with Crippen LogP contribution >= 0.6 is 11.3 Å². The number of hydrogen-bond donors (Lipinski definition) is 0. The van der Waals surface area contributed by atoms with Crippen molar-refractivity contribution in [2.45, 2.75) is 13.0 Å². The second kappa shape index (κ2) is 5.71. The van der Waals surface area contributed by atoms with E-state index in [-0.39, 0.29) is 11.8 Å². The quantitative estimate of drug-likeness (QED) is 0.783. The maximum absolute atomic E-state index is 12.2. The van der Waals surface area contributed by atoms with Gasteiger partial charge in [-0.15, -0.1) is 10.2 Å². The number of amides is 2. The van der Waals surface area contributed by atoms with Crippen LogP contribution in [0.25, 0.3) is 0 Å². The molecule has 7 heteroatoms. The standard InChI is InChI=1S/C14H13N3O3S/c1-20-8-12-16-15-11(21-12)6-7-17-13(18)9-4-2-3-5-10(9)14(17)19/h2-5H,6-8H2,1H3. The summed E-state index contributed by atoms with van der Waals surface area (Å²) in [6, 6.07) is 6.87. The van der Waals surface area contributed by atoms with E-state index in [2.05, 4.69) is 10.2 Å². The average molecular weight is 303 g/mol. The van der Waals surface area contributed by atoms with Gasteiger partial charge in [0.2, 0.25) is 0 Å². The van der Waals surface area contributed by atoms with Crippen molar-refractivity contribution in [2.75, 3.05) is 13.7 Å². The van der Waals surface area contributed by atoms with Crippen molar-refractivity contribution < 1.29 is 14.3 Å². The monoisotopic (exact) mass is 303 g/mol. The van der Waals surface area contributed by atoms with Gasteiger partial charge in [0.05, 0.1) is 17.7 Å². The molecule has 2 amide bonds. The molecule has 1 aromatic heterocycles. The lowest BCUT2D eigenvalue weighted by Crippen LogP contribution is -2.31. The average Bonchev–Trinajstić information content (AvgIpc) is 3.03. The Morgan fingerprint density at radius 3 is 2.33 bits per heavy atom. The van der Waals surface area contributed by atoms with Crippen LogP contribution in [-0.4, -0.2) is 40.6 Å². The van der Waals surface area contributed by atoms with Crippen molar-refractivity contribution in [3.63, 3.8) is 0 Å². The van der Waals surface area contributed by atoms with E-state index in [0.717, 1.165) is 10.0 Å². The molecule has 0 atom stereocenters. The molecule has 0 fully saturated rings. The molecule has 0 spiro atoms. The highest BCUT2D eigenvalue weighted by molar-refractivity contribution is 7.11. The second-order valence-electron chi connectivity index (χ2n) is 4.58. The number of methoxy groups -OCH3 is 1. The number of carbonyl (C=O) groups excluding carboxylic acids is 2. The third-order valence-electron chi connectivity index (χ3n) is 3.20. The second-order valence-corrected chi connectivity index (χ2v) is 5.73. The zero-order chi connectivity index (χ0) is 14.8. The minimum atomic E-state index is -0.239. The van der Waals surface area contributed by atoms with Crippen molar-refractivity contribution in [3.8, 4) is 0 Å². The predicted octanol–water partition coefficient (Wildman–Crippen LogP) is 1.52. The van der Waals surface area contributed by atoms with Gasteiger partial charge in [0.1, 0.15) is 10.0 Å². The van der Waals surface area contributed by atoms with E-state index in [1.807, 2.05) is 0 Å². The largest absolute Gasteiger partial charge is 0.377 e. The van der Waals surface area contributed by atoms with Crippen molar-refractivity contribution in [3.05, 3.63) is 45.4 Å². The Hall–Kier alpha value is -2.12. The van der Waals surface area contributed by atoms with Gasteiger partial charge >= 0.3 is 0 Å². The minimum absolute atomic E-state index is 0.239. The molecule has 0 N–H and O–H groups in total. The lowest BCUT2D eigenvalue weighted by atomic mass is 10.1. The Bertz CT molecular complexity index is 663. The van der Waals surface area contributed by atoms with Crippen LogP contribution in [0.15, 0.2) is 24.3 Å². The molecule has 1 aromatic carbocycles. The van der Waals surface area contributed by atoms with Crippen LogP contribution in [-0.2, 0) is 17.8 Å². The minimum Gasteiger partial charge on any atom is -0.377 e. The van der Waals surface area contributed by atoms with E-state index >= 15 is 0 Å². The molecule has 2 heterocycles. The van der Waals surface area contributed by atoms with E-state index < -0.39 is 0 Å². The highest BCUT2D eigenvalue weighted by Gasteiger charge is 2.34. The van der Waals surface area contributed by atoms with Gasteiger partial charge in [-0.2, -0.15) is 0 Å². The van der Waals surface area contributed by atoms with E-state index in [1.165, 1.54) is 16.2 Å². The summed E-state index contributed by atoms with van der Waals surface area (Å²) in [5.41, 5.74) is 0.944. The summed E-state index contributed by atoms with van der Waals surface area (Å²) in [5, 5.41) is 9.60. The van der Waals surface area contributed by atoms with Gasteiger partial charge in [-0.1, -0.05) is 23.5 Å². The number of fused-ring (bicyclic) bond motifs is 1. The third-order valence-corrected chi connectivity index (χ3v) is 4.16. The summed E-state index contributed by atoms with van der Waals surface area (Å²) >= 11 is 1.43. The van der Waals surface area contributed by atoms with Crippen molar-refractivity contribution in [2.24, 2.45) is 0 Å². The van der Waals surface area contributed by atoms with Crippen molar-refractivity contribution in [1.29, 1.82) is 0 Å². The number of hydrogen-bond acceptors (Lipinski definition) is 6. The Morgan fingerprint density at radius 1 is 1.10 bits per heavy atom. The Balaban J connectivity index is 1.69. The van der Waals surface area contributed by atoms with Gasteiger partial charge in [0.25, 0.3) is 11.8 Å². The van der Waals surface area contributed by atoms with Crippen LogP contribution in [0.2, 0.25) is 0 Å². The van der Waals surface area contributed by atoms with Gasteiger partial charge in [0.15, 0.2) is 0 Å². The molecule has 0 aliphatic carbocycles. The fraction of sp³-hybridized carbons (Fsp3) is 0.286. The summed E-state index contributed by atoms with van der Waals surface area (Å²) in [6.07, 6.45) is 0.507.